The maximum Gasteiger partial charge on any atom is 0.124 e. The van der Waals surface area contributed by atoms with Crippen LogP contribution in [-0.4, -0.2) is 41.4 Å². The predicted molar refractivity (Wildman–Crippen MR) is 80.1 cm³/mol. The third-order valence-corrected chi connectivity index (χ3v) is 3.79. The number of hydrogen-bond acceptors (Lipinski definition) is 3. The molecule has 1 heterocycles. The van der Waals surface area contributed by atoms with Crippen LogP contribution < -0.4 is 0 Å². The molecule has 1 aliphatic rings. The average Bonchev–Trinajstić information content (AvgIpc) is 2.50. The Hall–Kier alpha value is -1.41. The molecule has 1 aromatic carbocycles. The highest BCUT2D eigenvalue weighted by atomic mass is 19.1. The second kappa shape index (κ2) is 8.14. The first-order chi connectivity index (χ1) is 10.2. The Morgan fingerprint density at radius 2 is 2.19 bits per heavy atom. The summed E-state index contributed by atoms with van der Waals surface area (Å²) in [5.74, 6) is 5.84. The molecule has 114 valence electrons. The molecular formula is C17H22FNO2. The molecule has 0 aliphatic carbocycles. The Labute approximate surface area is 125 Å². The standard InChI is InChI=1S/C17H22FNO2/c18-17-7-6-16(15(10-17)5-1-2-9-20)12-19-8-3-4-14(11-19)13-21/h6-7,10,14,20-21H,2-4,8-9,11-13H2. The Kier molecular flexibility index (Phi) is 6.19. The number of halogens is 1. The zero-order chi connectivity index (χ0) is 15.1. The number of rotatable bonds is 4. The molecule has 1 unspecified atom stereocenters. The summed E-state index contributed by atoms with van der Waals surface area (Å²) in [5, 5.41) is 18.1. The first-order valence-corrected chi connectivity index (χ1v) is 7.44. The van der Waals surface area contributed by atoms with Crippen molar-refractivity contribution >= 4 is 0 Å². The minimum absolute atomic E-state index is 0.0158. The highest BCUT2D eigenvalue weighted by molar-refractivity contribution is 5.41. The number of hydrogen-bond donors (Lipinski definition) is 2. The van der Waals surface area contributed by atoms with Crippen molar-refractivity contribution < 1.29 is 14.6 Å². The second-order valence-corrected chi connectivity index (χ2v) is 5.50. The van der Waals surface area contributed by atoms with Gasteiger partial charge in [-0.25, -0.2) is 4.39 Å². The molecule has 0 spiro atoms. The van der Waals surface area contributed by atoms with Gasteiger partial charge in [0.1, 0.15) is 5.82 Å². The molecule has 0 bridgehead atoms. The van der Waals surface area contributed by atoms with Gasteiger partial charge in [0.25, 0.3) is 0 Å². The van der Waals surface area contributed by atoms with Crippen LogP contribution in [0, 0.1) is 23.6 Å². The topological polar surface area (TPSA) is 43.7 Å². The van der Waals surface area contributed by atoms with Crippen LogP contribution in [0.5, 0.6) is 0 Å². The van der Waals surface area contributed by atoms with E-state index in [1.807, 2.05) is 0 Å². The largest absolute Gasteiger partial charge is 0.396 e. The lowest BCUT2D eigenvalue weighted by atomic mass is 9.98. The van der Waals surface area contributed by atoms with Crippen molar-refractivity contribution in [2.45, 2.75) is 25.8 Å². The van der Waals surface area contributed by atoms with E-state index >= 15 is 0 Å². The third-order valence-electron chi connectivity index (χ3n) is 3.79. The van der Waals surface area contributed by atoms with Crippen LogP contribution in [0.2, 0.25) is 0 Å². The normalized spacial score (nSPS) is 19.1. The molecule has 1 atom stereocenters. The fourth-order valence-electron chi connectivity index (χ4n) is 2.70. The van der Waals surface area contributed by atoms with Gasteiger partial charge in [-0.15, -0.1) is 0 Å². The Morgan fingerprint density at radius 3 is 2.95 bits per heavy atom. The maximum absolute atomic E-state index is 13.4. The smallest absolute Gasteiger partial charge is 0.124 e. The van der Waals surface area contributed by atoms with Gasteiger partial charge in [-0.1, -0.05) is 17.9 Å². The van der Waals surface area contributed by atoms with Crippen molar-refractivity contribution in [3.05, 3.63) is 35.1 Å². The van der Waals surface area contributed by atoms with Gasteiger partial charge in [0.05, 0.1) is 6.61 Å². The van der Waals surface area contributed by atoms with E-state index in [0.29, 0.717) is 17.9 Å². The SMILES string of the molecule is OCCC#Cc1cc(F)ccc1CN1CCCC(CO)C1. The molecule has 2 N–H and O–H groups in total. The molecule has 3 nitrogen and oxygen atoms in total. The summed E-state index contributed by atoms with van der Waals surface area (Å²) in [6, 6.07) is 4.69. The van der Waals surface area contributed by atoms with Crippen LogP contribution in [0.1, 0.15) is 30.4 Å². The summed E-state index contributed by atoms with van der Waals surface area (Å²) in [5.41, 5.74) is 1.69. The minimum Gasteiger partial charge on any atom is -0.396 e. The minimum atomic E-state index is -0.293. The van der Waals surface area contributed by atoms with Gasteiger partial charge in [-0.2, -0.15) is 0 Å². The Balaban J connectivity index is 2.10. The quantitative estimate of drug-likeness (QED) is 0.831. The molecule has 1 aromatic rings. The van der Waals surface area contributed by atoms with Crippen molar-refractivity contribution in [1.82, 2.24) is 4.90 Å². The summed E-state index contributed by atoms with van der Waals surface area (Å²) < 4.78 is 13.4. The van der Waals surface area contributed by atoms with Crippen LogP contribution in [-0.2, 0) is 6.54 Å². The molecule has 0 aromatic heterocycles. The lowest BCUT2D eigenvalue weighted by molar-refractivity contribution is 0.116. The van der Waals surface area contributed by atoms with E-state index in [4.69, 9.17) is 5.11 Å². The Bertz CT molecular complexity index is 521. The zero-order valence-electron chi connectivity index (χ0n) is 12.2. The van der Waals surface area contributed by atoms with Gasteiger partial charge < -0.3 is 10.2 Å². The van der Waals surface area contributed by atoms with E-state index in [1.54, 1.807) is 6.07 Å². The number of aliphatic hydroxyl groups is 2. The molecule has 0 amide bonds. The van der Waals surface area contributed by atoms with E-state index in [-0.39, 0.29) is 19.0 Å². The van der Waals surface area contributed by atoms with Crippen molar-refractivity contribution in [2.24, 2.45) is 5.92 Å². The average molecular weight is 291 g/mol. The fourth-order valence-corrected chi connectivity index (χ4v) is 2.70. The lowest BCUT2D eigenvalue weighted by Gasteiger charge is -2.32. The maximum atomic E-state index is 13.4. The predicted octanol–water partition coefficient (Wildman–Crippen LogP) is 1.76. The number of nitrogens with zero attached hydrogens (tertiary/aromatic N) is 1. The molecule has 1 fully saturated rings. The van der Waals surface area contributed by atoms with Crippen molar-refractivity contribution in [2.75, 3.05) is 26.3 Å². The monoisotopic (exact) mass is 291 g/mol. The second-order valence-electron chi connectivity index (χ2n) is 5.50. The van der Waals surface area contributed by atoms with E-state index < -0.39 is 0 Å². The van der Waals surface area contributed by atoms with E-state index in [0.717, 1.165) is 38.0 Å². The molecular weight excluding hydrogens is 269 g/mol. The van der Waals surface area contributed by atoms with Gasteiger partial charge in [-0.3, -0.25) is 4.90 Å². The van der Waals surface area contributed by atoms with Gasteiger partial charge in [-0.05, 0) is 43.0 Å². The van der Waals surface area contributed by atoms with Crippen molar-refractivity contribution in [1.29, 1.82) is 0 Å². The lowest BCUT2D eigenvalue weighted by Crippen LogP contribution is -2.36. The van der Waals surface area contributed by atoms with E-state index in [1.165, 1.54) is 12.1 Å². The summed E-state index contributed by atoms with van der Waals surface area (Å²) in [7, 11) is 0. The van der Waals surface area contributed by atoms with Crippen molar-refractivity contribution in [3.8, 4) is 11.8 Å². The number of likely N-dealkylation sites (tertiary alicyclic amines) is 1. The highest BCUT2D eigenvalue weighted by Gasteiger charge is 2.19. The first-order valence-electron chi connectivity index (χ1n) is 7.44. The molecule has 2 rings (SSSR count). The number of piperidine rings is 1. The third kappa shape index (κ3) is 4.82. The van der Waals surface area contributed by atoms with Gasteiger partial charge in [0.15, 0.2) is 0 Å². The molecule has 0 radical (unpaired) electrons. The van der Waals surface area contributed by atoms with Crippen LogP contribution in [0.25, 0.3) is 0 Å². The fraction of sp³-hybridized carbons (Fsp3) is 0.529. The summed E-state index contributed by atoms with van der Waals surface area (Å²) in [6.45, 7) is 2.83. The molecule has 4 heteroatoms. The molecule has 0 saturated carbocycles. The van der Waals surface area contributed by atoms with Crippen LogP contribution in [0.15, 0.2) is 18.2 Å². The van der Waals surface area contributed by atoms with Gasteiger partial charge >= 0.3 is 0 Å². The summed E-state index contributed by atoms with van der Waals surface area (Å²) in [4.78, 5) is 2.29. The van der Waals surface area contributed by atoms with Crippen LogP contribution in [0.3, 0.4) is 0 Å². The zero-order valence-corrected chi connectivity index (χ0v) is 12.2. The number of benzene rings is 1. The van der Waals surface area contributed by atoms with Gasteiger partial charge in [0, 0.05) is 31.7 Å². The van der Waals surface area contributed by atoms with Crippen LogP contribution in [0.4, 0.5) is 4.39 Å². The molecule has 21 heavy (non-hydrogen) atoms. The summed E-state index contributed by atoms with van der Waals surface area (Å²) in [6.07, 6.45) is 2.55. The van der Waals surface area contributed by atoms with Crippen LogP contribution >= 0.6 is 0 Å². The Morgan fingerprint density at radius 1 is 1.33 bits per heavy atom. The van der Waals surface area contributed by atoms with Crippen molar-refractivity contribution in [3.63, 3.8) is 0 Å². The first kappa shape index (κ1) is 16.0. The summed E-state index contributed by atoms with van der Waals surface area (Å²) >= 11 is 0. The highest BCUT2D eigenvalue weighted by Crippen LogP contribution is 2.20. The van der Waals surface area contributed by atoms with E-state index in [2.05, 4.69) is 16.7 Å². The van der Waals surface area contributed by atoms with Gasteiger partial charge in [0.2, 0.25) is 0 Å². The molecule has 1 aliphatic heterocycles. The van der Waals surface area contributed by atoms with E-state index in [9.17, 15) is 9.50 Å². The molecule has 1 saturated heterocycles. The number of aliphatic hydroxyl groups excluding tert-OH is 2.